The summed E-state index contributed by atoms with van der Waals surface area (Å²) in [6, 6.07) is 121. The standard InChI is InChI=1S/C101H64N4/c1-100(2)90-24-13-11-20-77(90)79-38-35-64(51-92(79)100)58-26-28-61-46-86-88-49-73(50-89-87-47-62-29-27-59(41-71(62)55-97(87)105(99(88)89)96(86)54-70(61)40-58)65-36-39-80-78-21-12-14-25-91(78)101(3,4)93(80)52-65)60-31-33-68(57-102)83(44-60)67-32-30-66-53-94-85(48-69(66)42-67)82-23-15-22-81-84-45-63-34-37-76(43-72(63)56-95(84)104(94)98(81)82)103(74-16-7-5-8-17-74)75-18-9-6-10-19-75/h5-56H,1-4H3. The van der Waals surface area contributed by atoms with Crippen molar-refractivity contribution in [3.05, 3.63) is 343 Å². The van der Waals surface area contributed by atoms with E-state index in [9.17, 15) is 5.26 Å². The zero-order chi connectivity index (χ0) is 69.5. The average Bonchev–Trinajstić information content (AvgIpc) is 1.54. The van der Waals surface area contributed by atoms with Crippen LogP contribution in [-0.4, -0.2) is 8.80 Å². The molecule has 0 spiro atoms. The molecule has 0 N–H and O–H groups in total. The molecule has 0 bridgehead atoms. The molecule has 4 heterocycles. The Balaban J connectivity index is 0.667. The van der Waals surface area contributed by atoms with Crippen LogP contribution in [0.2, 0.25) is 0 Å². The number of hydrogen-bond acceptors (Lipinski definition) is 2. The monoisotopic (exact) mass is 1330 g/mol. The first kappa shape index (κ1) is 58.3. The van der Waals surface area contributed by atoms with Crippen LogP contribution in [0, 0.1) is 11.3 Å². The summed E-state index contributed by atoms with van der Waals surface area (Å²) in [6.45, 7) is 9.46. The largest absolute Gasteiger partial charge is 0.310 e. The van der Waals surface area contributed by atoms with E-state index in [-0.39, 0.29) is 10.8 Å². The Labute approximate surface area is 606 Å². The lowest BCUT2D eigenvalue weighted by molar-refractivity contribution is 0.660. The molecule has 0 unspecified atom stereocenters. The topological polar surface area (TPSA) is 35.9 Å². The van der Waals surface area contributed by atoms with Crippen molar-refractivity contribution in [3.63, 3.8) is 0 Å². The second-order valence-electron chi connectivity index (χ2n) is 30.7. The van der Waals surface area contributed by atoms with E-state index >= 15 is 0 Å². The van der Waals surface area contributed by atoms with Gasteiger partial charge in [0.05, 0.1) is 44.7 Å². The third kappa shape index (κ3) is 8.15. The van der Waals surface area contributed by atoms with Crippen molar-refractivity contribution >= 4 is 136 Å². The van der Waals surface area contributed by atoms with Crippen LogP contribution in [0.3, 0.4) is 0 Å². The molecule has 0 atom stereocenters. The van der Waals surface area contributed by atoms with Gasteiger partial charge in [0.15, 0.2) is 0 Å². The fraction of sp³-hybridized carbons (Fsp3) is 0.0594. The second-order valence-corrected chi connectivity index (χ2v) is 30.7. The first-order chi connectivity index (χ1) is 51.4. The first-order valence-electron chi connectivity index (χ1n) is 36.6. The Kier molecular flexibility index (Phi) is 11.6. The van der Waals surface area contributed by atoms with Crippen molar-refractivity contribution in [2.24, 2.45) is 0 Å². The Bertz CT molecular complexity index is 7190. The number of para-hydroxylation sites is 3. The van der Waals surface area contributed by atoms with Gasteiger partial charge < -0.3 is 13.7 Å². The van der Waals surface area contributed by atoms with Crippen LogP contribution in [0.4, 0.5) is 17.1 Å². The lowest BCUT2D eigenvalue weighted by atomic mass is 9.81. The molecule has 0 fully saturated rings. The lowest BCUT2D eigenvalue weighted by Crippen LogP contribution is -2.14. The molecule has 4 aromatic heterocycles. The Hall–Kier alpha value is -13.3. The van der Waals surface area contributed by atoms with Crippen molar-refractivity contribution in [3.8, 4) is 72.8 Å². The lowest BCUT2D eigenvalue weighted by Gasteiger charge is -2.25. The zero-order valence-electron chi connectivity index (χ0n) is 58.3. The summed E-state index contributed by atoms with van der Waals surface area (Å²) in [5, 5.41) is 30.3. The predicted octanol–water partition coefficient (Wildman–Crippen LogP) is 27.2. The highest BCUT2D eigenvalue weighted by molar-refractivity contribution is 6.28. The molecular weight excluding hydrogens is 1270 g/mol. The van der Waals surface area contributed by atoms with Crippen molar-refractivity contribution in [1.29, 1.82) is 5.26 Å². The molecule has 23 rings (SSSR count). The molecule has 17 aromatic carbocycles. The third-order valence-corrected chi connectivity index (χ3v) is 24.4. The van der Waals surface area contributed by atoms with E-state index < -0.39 is 0 Å². The average molecular weight is 1330 g/mol. The smallest absolute Gasteiger partial charge is 0.0998 e. The summed E-state index contributed by atoms with van der Waals surface area (Å²) in [5.41, 5.74) is 30.8. The minimum atomic E-state index is -0.0968. The number of aromatic nitrogens is 2. The number of anilines is 3. The van der Waals surface area contributed by atoms with Crippen LogP contribution < -0.4 is 4.90 Å². The molecule has 0 saturated carbocycles. The molecule has 0 amide bonds. The predicted molar refractivity (Wildman–Crippen MR) is 442 cm³/mol. The molecule has 2 aliphatic carbocycles. The first-order valence-corrected chi connectivity index (χ1v) is 36.6. The maximum atomic E-state index is 11.0. The van der Waals surface area contributed by atoms with Gasteiger partial charge >= 0.3 is 0 Å². The molecule has 4 nitrogen and oxygen atoms in total. The van der Waals surface area contributed by atoms with E-state index in [1.165, 1.54) is 175 Å². The molecule has 488 valence electrons. The summed E-state index contributed by atoms with van der Waals surface area (Å²) in [7, 11) is 0. The van der Waals surface area contributed by atoms with Gasteiger partial charge in [0, 0.05) is 76.5 Å². The van der Waals surface area contributed by atoms with Crippen LogP contribution in [0.1, 0.15) is 55.5 Å². The minimum Gasteiger partial charge on any atom is -0.310 e. The van der Waals surface area contributed by atoms with Crippen molar-refractivity contribution in [1.82, 2.24) is 8.80 Å². The second kappa shape index (κ2) is 20.9. The van der Waals surface area contributed by atoms with Gasteiger partial charge in [-0.05, 0) is 266 Å². The Morgan fingerprint density at radius 1 is 0.248 bits per heavy atom. The molecule has 21 aromatic rings. The summed E-state index contributed by atoms with van der Waals surface area (Å²) in [5.74, 6) is 0. The van der Waals surface area contributed by atoms with E-state index in [0.29, 0.717) is 5.56 Å². The van der Waals surface area contributed by atoms with E-state index in [2.05, 4.69) is 357 Å². The zero-order valence-corrected chi connectivity index (χ0v) is 58.3. The fourth-order valence-corrected chi connectivity index (χ4v) is 19.2. The van der Waals surface area contributed by atoms with Crippen molar-refractivity contribution in [2.75, 3.05) is 4.90 Å². The SMILES string of the molecule is CC1(C)c2ccccc2-c2ccc(-c3ccc4cc5c6cc(-c7ccc(C#N)c(-c8ccc9cc%10c(cc9c8)c8cccc9c%11cc%12ccc(N(c%13ccccc%13)c%13ccccc%13)cc%12cc%11n%10c89)c7)cc7c8cc9ccc(-c%10ccc%11c(c%10)C(C)(C)c%10ccccc%10-%11)cc9cc8n(c5cc4c3)c67)cc21. The minimum absolute atomic E-state index is 0.0968. The van der Waals surface area contributed by atoms with Gasteiger partial charge in [-0.3, -0.25) is 0 Å². The van der Waals surface area contributed by atoms with Crippen LogP contribution in [-0.2, 0) is 10.8 Å². The van der Waals surface area contributed by atoms with Gasteiger partial charge in [-0.25, -0.2) is 0 Å². The highest BCUT2D eigenvalue weighted by Crippen LogP contribution is 2.53. The summed E-state index contributed by atoms with van der Waals surface area (Å²) < 4.78 is 5.06. The molecule has 4 heteroatoms. The summed E-state index contributed by atoms with van der Waals surface area (Å²) in [4.78, 5) is 2.34. The van der Waals surface area contributed by atoms with Crippen molar-refractivity contribution in [2.45, 2.75) is 38.5 Å². The summed E-state index contributed by atoms with van der Waals surface area (Å²) in [6.07, 6.45) is 0. The number of nitrogens with zero attached hydrogens (tertiary/aromatic N) is 4. The van der Waals surface area contributed by atoms with Crippen molar-refractivity contribution < 1.29 is 0 Å². The van der Waals surface area contributed by atoms with Crippen LogP contribution in [0.15, 0.2) is 315 Å². The number of nitriles is 1. The molecule has 0 aliphatic heterocycles. The number of fused-ring (bicyclic) bond motifs is 22. The quantitative estimate of drug-likeness (QED) is 0.159. The number of benzene rings is 17. The van der Waals surface area contributed by atoms with Gasteiger partial charge in [0.2, 0.25) is 0 Å². The number of hydrogen-bond donors (Lipinski definition) is 0. The van der Waals surface area contributed by atoms with Gasteiger partial charge in [0.1, 0.15) is 0 Å². The van der Waals surface area contributed by atoms with E-state index in [4.69, 9.17) is 0 Å². The molecule has 0 saturated heterocycles. The van der Waals surface area contributed by atoms with Gasteiger partial charge in [-0.2, -0.15) is 5.26 Å². The van der Waals surface area contributed by atoms with Gasteiger partial charge in [-0.15, -0.1) is 0 Å². The molecular formula is C101H64N4. The Morgan fingerprint density at radius 2 is 0.629 bits per heavy atom. The van der Waals surface area contributed by atoms with Gasteiger partial charge in [-0.1, -0.05) is 204 Å². The third-order valence-electron chi connectivity index (χ3n) is 24.4. The maximum Gasteiger partial charge on any atom is 0.0998 e. The fourth-order valence-electron chi connectivity index (χ4n) is 19.2. The molecule has 2 aliphatic rings. The van der Waals surface area contributed by atoms with E-state index in [0.717, 1.165) is 50.1 Å². The van der Waals surface area contributed by atoms with E-state index in [1.807, 2.05) is 6.07 Å². The highest BCUT2D eigenvalue weighted by atomic mass is 15.1. The number of rotatable bonds is 7. The highest BCUT2D eigenvalue weighted by Gasteiger charge is 2.37. The van der Waals surface area contributed by atoms with Crippen LogP contribution >= 0.6 is 0 Å². The summed E-state index contributed by atoms with van der Waals surface area (Å²) >= 11 is 0. The Morgan fingerprint density at radius 3 is 1.16 bits per heavy atom. The maximum absolute atomic E-state index is 11.0. The van der Waals surface area contributed by atoms with Gasteiger partial charge in [0.25, 0.3) is 0 Å². The molecule has 0 radical (unpaired) electrons. The molecule has 105 heavy (non-hydrogen) atoms. The van der Waals surface area contributed by atoms with Crippen LogP contribution in [0.25, 0.3) is 186 Å². The van der Waals surface area contributed by atoms with Crippen LogP contribution in [0.5, 0.6) is 0 Å². The van der Waals surface area contributed by atoms with E-state index in [1.54, 1.807) is 0 Å². The normalized spacial score (nSPS) is 13.7.